The van der Waals surface area contributed by atoms with Crippen molar-refractivity contribution in [2.24, 2.45) is 5.73 Å². The van der Waals surface area contributed by atoms with Crippen LogP contribution in [0.25, 0.3) is 0 Å². The van der Waals surface area contributed by atoms with Crippen LogP contribution in [0.5, 0.6) is 0 Å². The van der Waals surface area contributed by atoms with Crippen LogP contribution in [0.4, 0.5) is 13.2 Å². The van der Waals surface area contributed by atoms with Gasteiger partial charge in [-0.3, -0.25) is 9.59 Å². The molecule has 0 aliphatic carbocycles. The molecule has 0 aliphatic heterocycles. The molecule has 4 nitrogen and oxygen atoms in total. The van der Waals surface area contributed by atoms with Crippen molar-refractivity contribution in [1.29, 1.82) is 0 Å². The van der Waals surface area contributed by atoms with E-state index in [0.717, 1.165) is 24.3 Å². The van der Waals surface area contributed by atoms with E-state index < -0.39 is 29.6 Å². The Morgan fingerprint density at radius 1 is 1.12 bits per heavy atom. The van der Waals surface area contributed by atoms with Crippen molar-refractivity contribution in [2.75, 3.05) is 0 Å². The number of hydrogen-bond donors (Lipinski definition) is 2. The lowest BCUT2D eigenvalue weighted by Crippen LogP contribution is -2.45. The SMILES string of the molecule is NC(=O)[C@H](Cc1cccc(Cl)c1)NC(=O)c1ccc(C(F)(F)F)cc1. The maximum absolute atomic E-state index is 12.5. The van der Waals surface area contributed by atoms with Crippen LogP contribution in [0.3, 0.4) is 0 Å². The first kappa shape index (κ1) is 18.8. The summed E-state index contributed by atoms with van der Waals surface area (Å²) in [5.74, 6) is -1.46. The third kappa shape index (κ3) is 5.22. The number of benzene rings is 2. The summed E-state index contributed by atoms with van der Waals surface area (Å²) in [7, 11) is 0. The van der Waals surface area contributed by atoms with Crippen molar-refractivity contribution in [1.82, 2.24) is 5.32 Å². The number of carbonyl (C=O) groups is 2. The molecule has 0 aromatic heterocycles. The predicted molar refractivity (Wildman–Crippen MR) is 87.0 cm³/mol. The van der Waals surface area contributed by atoms with E-state index in [1.54, 1.807) is 24.3 Å². The second-order valence-corrected chi connectivity index (χ2v) is 5.77. The van der Waals surface area contributed by atoms with Gasteiger partial charge in [-0.2, -0.15) is 13.2 Å². The molecule has 0 bridgehead atoms. The van der Waals surface area contributed by atoms with Gasteiger partial charge in [-0.05, 0) is 42.0 Å². The van der Waals surface area contributed by atoms with E-state index in [2.05, 4.69) is 5.32 Å². The summed E-state index contributed by atoms with van der Waals surface area (Å²) in [5.41, 5.74) is 5.10. The lowest BCUT2D eigenvalue weighted by atomic mass is 10.0. The van der Waals surface area contributed by atoms with E-state index in [1.807, 2.05) is 0 Å². The number of nitrogens with two attached hydrogens (primary N) is 1. The fraction of sp³-hybridized carbons (Fsp3) is 0.176. The van der Waals surface area contributed by atoms with Gasteiger partial charge in [-0.1, -0.05) is 23.7 Å². The van der Waals surface area contributed by atoms with E-state index in [4.69, 9.17) is 17.3 Å². The van der Waals surface area contributed by atoms with Crippen LogP contribution in [0.2, 0.25) is 5.02 Å². The molecule has 0 saturated carbocycles. The minimum absolute atomic E-state index is 0.00894. The molecule has 0 spiro atoms. The van der Waals surface area contributed by atoms with Crippen molar-refractivity contribution >= 4 is 23.4 Å². The minimum atomic E-state index is -4.49. The fourth-order valence-corrected chi connectivity index (χ4v) is 2.39. The highest BCUT2D eigenvalue weighted by molar-refractivity contribution is 6.30. The van der Waals surface area contributed by atoms with Crippen molar-refractivity contribution in [3.05, 3.63) is 70.2 Å². The second-order valence-electron chi connectivity index (χ2n) is 5.34. The Hall–Kier alpha value is -2.54. The topological polar surface area (TPSA) is 72.2 Å². The highest BCUT2D eigenvalue weighted by atomic mass is 35.5. The number of carbonyl (C=O) groups excluding carboxylic acids is 2. The summed E-state index contributed by atoms with van der Waals surface area (Å²) < 4.78 is 37.6. The molecule has 3 N–H and O–H groups in total. The zero-order chi connectivity index (χ0) is 18.6. The molecule has 0 heterocycles. The summed E-state index contributed by atoms with van der Waals surface area (Å²) >= 11 is 5.87. The first-order valence-electron chi connectivity index (χ1n) is 7.18. The van der Waals surface area contributed by atoms with Gasteiger partial charge in [0.05, 0.1) is 5.56 Å². The Bertz CT molecular complexity index is 776. The molecule has 2 rings (SSSR count). The quantitative estimate of drug-likeness (QED) is 0.848. The molecule has 0 saturated heterocycles. The first-order chi connectivity index (χ1) is 11.7. The van der Waals surface area contributed by atoms with Gasteiger partial charge in [0.2, 0.25) is 5.91 Å². The summed E-state index contributed by atoms with van der Waals surface area (Å²) in [5, 5.41) is 2.89. The fourth-order valence-electron chi connectivity index (χ4n) is 2.17. The second kappa shape index (κ2) is 7.57. The smallest absolute Gasteiger partial charge is 0.368 e. The van der Waals surface area contributed by atoms with E-state index in [0.29, 0.717) is 10.6 Å². The molecule has 2 aromatic carbocycles. The van der Waals surface area contributed by atoms with Gasteiger partial charge in [-0.25, -0.2) is 0 Å². The van der Waals surface area contributed by atoms with Gasteiger partial charge in [0.25, 0.3) is 5.91 Å². The molecule has 2 amide bonds. The van der Waals surface area contributed by atoms with Crippen molar-refractivity contribution in [3.8, 4) is 0 Å². The van der Waals surface area contributed by atoms with Gasteiger partial charge in [0, 0.05) is 17.0 Å². The molecule has 0 fully saturated rings. The van der Waals surface area contributed by atoms with Gasteiger partial charge >= 0.3 is 6.18 Å². The molecule has 2 aromatic rings. The lowest BCUT2D eigenvalue weighted by Gasteiger charge is -2.16. The van der Waals surface area contributed by atoms with Crippen LogP contribution in [-0.2, 0) is 17.4 Å². The maximum Gasteiger partial charge on any atom is 0.416 e. The van der Waals surface area contributed by atoms with Gasteiger partial charge < -0.3 is 11.1 Å². The van der Waals surface area contributed by atoms with Crippen LogP contribution in [0.15, 0.2) is 48.5 Å². The molecule has 25 heavy (non-hydrogen) atoms. The molecular weight excluding hydrogens is 357 g/mol. The number of hydrogen-bond acceptors (Lipinski definition) is 2. The number of halogens is 4. The maximum atomic E-state index is 12.5. The average Bonchev–Trinajstić information content (AvgIpc) is 2.53. The standard InChI is InChI=1S/C17H14ClF3N2O2/c18-13-3-1-2-10(8-13)9-14(15(22)24)23-16(25)11-4-6-12(7-5-11)17(19,20)21/h1-8,14H,9H2,(H2,22,24)(H,23,25)/t14-/m0/s1. The Labute approximate surface area is 146 Å². The number of alkyl halides is 3. The lowest BCUT2D eigenvalue weighted by molar-refractivity contribution is -0.137. The third-order valence-electron chi connectivity index (χ3n) is 3.45. The Kier molecular flexibility index (Phi) is 5.69. The summed E-state index contributed by atoms with van der Waals surface area (Å²) in [6, 6.07) is 9.33. The van der Waals surface area contributed by atoms with Gasteiger partial charge in [0.1, 0.15) is 6.04 Å². The summed E-state index contributed by atoms with van der Waals surface area (Å²) in [6.07, 6.45) is -4.38. The van der Waals surface area contributed by atoms with Crippen LogP contribution >= 0.6 is 11.6 Å². The van der Waals surface area contributed by atoms with E-state index >= 15 is 0 Å². The molecule has 0 unspecified atom stereocenters. The molecule has 0 radical (unpaired) electrons. The van der Waals surface area contributed by atoms with Crippen molar-refractivity contribution in [2.45, 2.75) is 18.6 Å². The zero-order valence-electron chi connectivity index (χ0n) is 12.8. The van der Waals surface area contributed by atoms with Crippen LogP contribution in [0, 0.1) is 0 Å². The minimum Gasteiger partial charge on any atom is -0.368 e. The van der Waals surface area contributed by atoms with E-state index in [-0.39, 0.29) is 12.0 Å². The zero-order valence-corrected chi connectivity index (χ0v) is 13.6. The Balaban J connectivity index is 2.11. The number of nitrogens with one attached hydrogen (secondary N) is 1. The van der Waals surface area contributed by atoms with E-state index in [1.165, 1.54) is 0 Å². The highest BCUT2D eigenvalue weighted by Crippen LogP contribution is 2.29. The van der Waals surface area contributed by atoms with Crippen LogP contribution in [-0.4, -0.2) is 17.9 Å². The first-order valence-corrected chi connectivity index (χ1v) is 7.56. The van der Waals surface area contributed by atoms with Gasteiger partial charge in [0.15, 0.2) is 0 Å². The average molecular weight is 371 g/mol. The van der Waals surface area contributed by atoms with Crippen molar-refractivity contribution in [3.63, 3.8) is 0 Å². The number of rotatable bonds is 5. The number of primary amides is 1. The number of amides is 2. The summed E-state index contributed by atoms with van der Waals surface area (Å²) in [4.78, 5) is 23.7. The molecule has 0 aliphatic rings. The highest BCUT2D eigenvalue weighted by Gasteiger charge is 2.30. The van der Waals surface area contributed by atoms with Crippen LogP contribution < -0.4 is 11.1 Å². The molecular formula is C17H14ClF3N2O2. The summed E-state index contributed by atoms with van der Waals surface area (Å²) in [6.45, 7) is 0. The predicted octanol–water partition coefficient (Wildman–Crippen LogP) is 3.19. The Morgan fingerprint density at radius 3 is 2.28 bits per heavy atom. The molecule has 132 valence electrons. The molecule has 1 atom stereocenters. The Morgan fingerprint density at radius 2 is 1.76 bits per heavy atom. The van der Waals surface area contributed by atoms with Crippen LogP contribution in [0.1, 0.15) is 21.5 Å². The third-order valence-corrected chi connectivity index (χ3v) is 3.69. The van der Waals surface area contributed by atoms with Crippen molar-refractivity contribution < 1.29 is 22.8 Å². The monoisotopic (exact) mass is 370 g/mol. The van der Waals surface area contributed by atoms with E-state index in [9.17, 15) is 22.8 Å². The normalized spacial score (nSPS) is 12.5. The molecule has 8 heteroatoms. The largest absolute Gasteiger partial charge is 0.416 e. The van der Waals surface area contributed by atoms with Gasteiger partial charge in [-0.15, -0.1) is 0 Å².